The molecule has 0 spiro atoms. The van der Waals surface area contributed by atoms with Crippen molar-refractivity contribution in [3.05, 3.63) is 0 Å². The largest absolute Gasteiger partial charge is 0.0599 e. The zero-order valence-corrected chi connectivity index (χ0v) is 11.9. The van der Waals surface area contributed by atoms with Crippen molar-refractivity contribution in [3.63, 3.8) is 0 Å². The number of hydrogen-bond acceptors (Lipinski definition) is 0. The molecule has 0 aromatic carbocycles. The van der Waals surface area contributed by atoms with Crippen LogP contribution >= 0.6 is 0 Å². The highest BCUT2D eigenvalue weighted by Crippen LogP contribution is 2.53. The Bertz CT molecular complexity index is 265. The molecule has 4 atom stereocenters. The van der Waals surface area contributed by atoms with E-state index in [1.54, 1.807) is 44.9 Å². The summed E-state index contributed by atoms with van der Waals surface area (Å²) in [6.07, 6.45) is 15.4. The zero-order chi connectivity index (χ0) is 11.9. The maximum absolute atomic E-state index is 2.52. The Morgan fingerprint density at radius 2 is 1.35 bits per heavy atom. The highest BCUT2D eigenvalue weighted by atomic mass is 14.5. The highest BCUT2D eigenvalue weighted by Gasteiger charge is 2.43. The Balaban J connectivity index is 1.80. The van der Waals surface area contributed by atoms with Gasteiger partial charge in [-0.15, -0.1) is 0 Å². The molecule has 3 aliphatic carbocycles. The van der Waals surface area contributed by atoms with Crippen molar-refractivity contribution >= 4 is 0 Å². The summed E-state index contributed by atoms with van der Waals surface area (Å²) in [7, 11) is 0. The molecule has 0 heteroatoms. The number of hydrogen-bond donors (Lipinski definition) is 0. The van der Waals surface area contributed by atoms with Gasteiger partial charge >= 0.3 is 0 Å². The van der Waals surface area contributed by atoms with Gasteiger partial charge in [-0.2, -0.15) is 0 Å². The van der Waals surface area contributed by atoms with Crippen LogP contribution in [0.3, 0.4) is 0 Å². The second-order valence-electron chi connectivity index (χ2n) is 7.97. The minimum Gasteiger partial charge on any atom is -0.0599 e. The van der Waals surface area contributed by atoms with Crippen LogP contribution in [-0.2, 0) is 0 Å². The molecule has 4 unspecified atom stereocenters. The van der Waals surface area contributed by atoms with Gasteiger partial charge in [0.15, 0.2) is 0 Å². The molecule has 0 aliphatic heterocycles. The van der Waals surface area contributed by atoms with Crippen molar-refractivity contribution in [1.29, 1.82) is 0 Å². The maximum atomic E-state index is 2.52. The predicted octanol–water partition coefficient (Wildman–Crippen LogP) is 5.42. The van der Waals surface area contributed by atoms with Crippen LogP contribution in [0.15, 0.2) is 0 Å². The van der Waals surface area contributed by atoms with Gasteiger partial charge < -0.3 is 0 Å². The van der Waals surface area contributed by atoms with Crippen LogP contribution in [0.25, 0.3) is 0 Å². The molecular formula is C17H30. The second-order valence-corrected chi connectivity index (χ2v) is 7.97. The molecule has 98 valence electrons. The lowest BCUT2D eigenvalue weighted by Gasteiger charge is -2.46. The molecule has 3 fully saturated rings. The standard InChI is InChI=1S/C17H30/c1-17(2)11-10-14-8-5-7-13-6-3-4-9-15(13)16(14)12-17/h13-16H,3-12H2,1-2H3. The van der Waals surface area contributed by atoms with Crippen LogP contribution in [0.1, 0.15) is 78.1 Å². The summed E-state index contributed by atoms with van der Waals surface area (Å²) in [5.74, 6) is 4.45. The SMILES string of the molecule is CC1(C)CCC2CCCC3CCCCC3C2C1. The normalized spacial score (nSPS) is 45.5. The van der Waals surface area contributed by atoms with Gasteiger partial charge in [0.2, 0.25) is 0 Å². The van der Waals surface area contributed by atoms with E-state index in [0.717, 1.165) is 23.7 Å². The molecule has 0 heterocycles. The van der Waals surface area contributed by atoms with Gasteiger partial charge in [0.25, 0.3) is 0 Å². The topological polar surface area (TPSA) is 0 Å². The summed E-state index contributed by atoms with van der Waals surface area (Å²) in [5, 5.41) is 0. The molecule has 0 amide bonds. The van der Waals surface area contributed by atoms with E-state index >= 15 is 0 Å². The Kier molecular flexibility index (Phi) is 3.26. The van der Waals surface area contributed by atoms with Crippen molar-refractivity contribution in [3.8, 4) is 0 Å². The average molecular weight is 234 g/mol. The van der Waals surface area contributed by atoms with Crippen LogP contribution in [0.5, 0.6) is 0 Å². The molecular weight excluding hydrogens is 204 g/mol. The van der Waals surface area contributed by atoms with Crippen molar-refractivity contribution < 1.29 is 0 Å². The van der Waals surface area contributed by atoms with E-state index < -0.39 is 0 Å². The molecule has 3 saturated carbocycles. The molecule has 3 aliphatic rings. The third-order valence-corrected chi connectivity index (χ3v) is 6.25. The van der Waals surface area contributed by atoms with E-state index in [1.807, 2.05) is 0 Å². The lowest BCUT2D eigenvalue weighted by Crippen LogP contribution is -2.36. The van der Waals surface area contributed by atoms with Crippen LogP contribution in [0.2, 0.25) is 0 Å². The molecule has 0 N–H and O–H groups in total. The van der Waals surface area contributed by atoms with E-state index in [0.29, 0.717) is 5.41 Å². The summed E-state index contributed by atoms with van der Waals surface area (Å²) in [4.78, 5) is 0. The molecule has 0 saturated heterocycles. The zero-order valence-electron chi connectivity index (χ0n) is 11.9. The molecule has 3 rings (SSSR count). The van der Waals surface area contributed by atoms with Crippen molar-refractivity contribution in [2.75, 3.05) is 0 Å². The lowest BCUT2D eigenvalue weighted by atomic mass is 9.59. The summed E-state index contributed by atoms with van der Waals surface area (Å²) in [5.41, 5.74) is 0.646. The Morgan fingerprint density at radius 1 is 0.706 bits per heavy atom. The van der Waals surface area contributed by atoms with Gasteiger partial charge in [0.05, 0.1) is 0 Å². The minimum atomic E-state index is 0.646. The first kappa shape index (κ1) is 12.1. The summed E-state index contributed by atoms with van der Waals surface area (Å²) in [6, 6.07) is 0. The second kappa shape index (κ2) is 4.59. The van der Waals surface area contributed by atoms with E-state index in [-0.39, 0.29) is 0 Å². The summed E-state index contributed by atoms with van der Waals surface area (Å²) < 4.78 is 0. The van der Waals surface area contributed by atoms with E-state index in [4.69, 9.17) is 0 Å². The predicted molar refractivity (Wildman–Crippen MR) is 73.9 cm³/mol. The summed E-state index contributed by atoms with van der Waals surface area (Å²) in [6.45, 7) is 5.04. The first-order valence-electron chi connectivity index (χ1n) is 8.16. The highest BCUT2D eigenvalue weighted by molar-refractivity contribution is 4.93. The van der Waals surface area contributed by atoms with Gasteiger partial charge in [-0.25, -0.2) is 0 Å². The van der Waals surface area contributed by atoms with Crippen LogP contribution in [0, 0.1) is 29.1 Å². The summed E-state index contributed by atoms with van der Waals surface area (Å²) >= 11 is 0. The van der Waals surface area contributed by atoms with Crippen molar-refractivity contribution in [1.82, 2.24) is 0 Å². The van der Waals surface area contributed by atoms with Gasteiger partial charge in [0.1, 0.15) is 0 Å². The Morgan fingerprint density at radius 3 is 2.18 bits per heavy atom. The number of rotatable bonds is 0. The quantitative estimate of drug-likeness (QED) is 0.525. The van der Waals surface area contributed by atoms with Crippen LogP contribution in [0.4, 0.5) is 0 Å². The fraction of sp³-hybridized carbons (Fsp3) is 1.00. The molecule has 0 aromatic heterocycles. The molecule has 0 bridgehead atoms. The van der Waals surface area contributed by atoms with Crippen molar-refractivity contribution in [2.45, 2.75) is 78.1 Å². The fourth-order valence-corrected chi connectivity index (χ4v) is 5.36. The third-order valence-electron chi connectivity index (χ3n) is 6.25. The maximum Gasteiger partial charge on any atom is -0.0350 e. The third kappa shape index (κ3) is 2.42. The molecule has 0 nitrogen and oxygen atoms in total. The smallest absolute Gasteiger partial charge is 0.0350 e. The number of fused-ring (bicyclic) bond motifs is 3. The average Bonchev–Trinajstić information content (AvgIpc) is 2.47. The van der Waals surface area contributed by atoms with Gasteiger partial charge in [-0.1, -0.05) is 52.4 Å². The first-order valence-corrected chi connectivity index (χ1v) is 8.16. The van der Waals surface area contributed by atoms with E-state index in [1.165, 1.54) is 19.3 Å². The Labute approximate surface area is 108 Å². The molecule has 0 aromatic rings. The van der Waals surface area contributed by atoms with Crippen LogP contribution < -0.4 is 0 Å². The van der Waals surface area contributed by atoms with Gasteiger partial charge in [-0.3, -0.25) is 0 Å². The van der Waals surface area contributed by atoms with E-state index in [9.17, 15) is 0 Å². The van der Waals surface area contributed by atoms with E-state index in [2.05, 4.69) is 13.8 Å². The first-order chi connectivity index (χ1) is 8.16. The monoisotopic (exact) mass is 234 g/mol. The lowest BCUT2D eigenvalue weighted by molar-refractivity contribution is 0.0415. The minimum absolute atomic E-state index is 0.646. The molecule has 0 radical (unpaired) electrons. The molecule has 17 heavy (non-hydrogen) atoms. The fourth-order valence-electron chi connectivity index (χ4n) is 5.36. The van der Waals surface area contributed by atoms with Crippen LogP contribution in [-0.4, -0.2) is 0 Å². The van der Waals surface area contributed by atoms with Gasteiger partial charge in [-0.05, 0) is 54.8 Å². The van der Waals surface area contributed by atoms with Crippen molar-refractivity contribution in [2.24, 2.45) is 29.1 Å². The van der Waals surface area contributed by atoms with Gasteiger partial charge in [0, 0.05) is 0 Å². The Hall–Kier alpha value is 0.